The second kappa shape index (κ2) is 8.05. The van der Waals surface area contributed by atoms with Gasteiger partial charge in [0.25, 0.3) is 0 Å². The summed E-state index contributed by atoms with van der Waals surface area (Å²) in [6.45, 7) is 3.94. The zero-order valence-corrected chi connectivity index (χ0v) is 16.1. The largest absolute Gasteiger partial charge is 0.497 e. The van der Waals surface area contributed by atoms with Crippen molar-refractivity contribution in [1.82, 2.24) is 4.90 Å². The molecule has 3 nitrogen and oxygen atoms in total. The highest BCUT2D eigenvalue weighted by Crippen LogP contribution is 2.42. The van der Waals surface area contributed by atoms with Gasteiger partial charge in [0, 0.05) is 13.0 Å². The molecule has 1 aliphatic carbocycles. The highest BCUT2D eigenvalue weighted by Gasteiger charge is 2.42. The van der Waals surface area contributed by atoms with Crippen molar-refractivity contribution in [1.29, 1.82) is 0 Å². The van der Waals surface area contributed by atoms with Crippen LogP contribution in [0.25, 0.3) is 0 Å². The molecule has 3 heteroatoms. The molecule has 0 heterocycles. The summed E-state index contributed by atoms with van der Waals surface area (Å²) in [5.41, 5.74) is 3.41. The molecule has 0 bridgehead atoms. The molecule has 0 amide bonds. The van der Waals surface area contributed by atoms with Gasteiger partial charge in [0.05, 0.1) is 12.5 Å². The topological polar surface area (TPSA) is 29.5 Å². The number of ether oxygens (including phenoxy) is 1. The minimum Gasteiger partial charge on any atom is -0.497 e. The minimum atomic E-state index is -0.382. The number of hydrogen-bond donors (Lipinski definition) is 0. The van der Waals surface area contributed by atoms with Crippen LogP contribution in [0, 0.1) is 0 Å². The fraction of sp³-hybridized carbons (Fsp3) is 0.435. The van der Waals surface area contributed by atoms with Crippen molar-refractivity contribution in [3.05, 3.63) is 65.2 Å². The van der Waals surface area contributed by atoms with Crippen LogP contribution in [0.2, 0.25) is 0 Å². The molecule has 0 aromatic heterocycles. The standard InChI is InChI=1S/C23H29NO2/c1-4-23(14-15-24(2)17-18-8-6-5-7-9-18)21-16-20(26-3)12-10-19(21)11-13-22(23)25/h5-10,12,16H,4,11,13-15,17H2,1-3H3. The molecule has 2 aromatic carbocycles. The minimum absolute atomic E-state index is 0.382. The molecule has 0 N–H and O–H groups in total. The zero-order chi connectivity index (χ0) is 18.6. The number of nitrogens with zero attached hydrogens (tertiary/aromatic N) is 1. The Morgan fingerprint density at radius 2 is 1.88 bits per heavy atom. The Labute approximate surface area is 157 Å². The number of fused-ring (bicyclic) bond motifs is 1. The second-order valence-electron chi connectivity index (χ2n) is 7.36. The van der Waals surface area contributed by atoms with E-state index in [1.165, 1.54) is 16.7 Å². The van der Waals surface area contributed by atoms with Crippen LogP contribution in [0.4, 0.5) is 0 Å². The van der Waals surface area contributed by atoms with Crippen molar-refractivity contribution in [2.24, 2.45) is 0 Å². The van der Waals surface area contributed by atoms with Crippen molar-refractivity contribution < 1.29 is 9.53 Å². The van der Waals surface area contributed by atoms with Gasteiger partial charge in [0.1, 0.15) is 11.5 Å². The summed E-state index contributed by atoms with van der Waals surface area (Å²) in [4.78, 5) is 15.3. The van der Waals surface area contributed by atoms with Crippen LogP contribution in [-0.4, -0.2) is 31.4 Å². The number of ketones is 1. The van der Waals surface area contributed by atoms with E-state index in [0.717, 1.165) is 38.1 Å². The SMILES string of the molecule is CCC1(CCN(C)Cc2ccccc2)C(=O)CCc2ccc(OC)cc21. The van der Waals surface area contributed by atoms with Crippen LogP contribution < -0.4 is 4.74 Å². The van der Waals surface area contributed by atoms with Crippen molar-refractivity contribution >= 4 is 5.78 Å². The predicted molar refractivity (Wildman–Crippen MR) is 106 cm³/mol. The summed E-state index contributed by atoms with van der Waals surface area (Å²) < 4.78 is 5.44. The first kappa shape index (κ1) is 18.7. The van der Waals surface area contributed by atoms with E-state index >= 15 is 0 Å². The lowest BCUT2D eigenvalue weighted by Gasteiger charge is -2.38. The molecule has 3 rings (SSSR count). The van der Waals surface area contributed by atoms with Crippen LogP contribution in [0.5, 0.6) is 5.75 Å². The molecule has 26 heavy (non-hydrogen) atoms. The van der Waals surface area contributed by atoms with Gasteiger partial charge in [-0.15, -0.1) is 0 Å². The maximum Gasteiger partial charge on any atom is 0.143 e. The molecule has 0 radical (unpaired) electrons. The molecule has 0 aliphatic heterocycles. The lowest BCUT2D eigenvalue weighted by atomic mass is 9.65. The lowest BCUT2D eigenvalue weighted by molar-refractivity contribution is -0.125. The first-order valence-corrected chi connectivity index (χ1v) is 9.52. The zero-order valence-electron chi connectivity index (χ0n) is 16.1. The number of rotatable bonds is 7. The molecule has 1 atom stereocenters. The summed E-state index contributed by atoms with van der Waals surface area (Å²) >= 11 is 0. The molecule has 138 valence electrons. The quantitative estimate of drug-likeness (QED) is 0.741. The second-order valence-corrected chi connectivity index (χ2v) is 7.36. The molecule has 1 aliphatic rings. The maximum absolute atomic E-state index is 13.0. The monoisotopic (exact) mass is 351 g/mol. The van der Waals surface area contributed by atoms with Gasteiger partial charge in [-0.05, 0) is 61.7 Å². The normalized spacial score (nSPS) is 19.5. The fourth-order valence-electron chi connectivity index (χ4n) is 4.18. The van der Waals surface area contributed by atoms with Crippen LogP contribution in [0.3, 0.4) is 0 Å². The molecule has 2 aromatic rings. The molecule has 1 unspecified atom stereocenters. The van der Waals surface area contributed by atoms with E-state index in [-0.39, 0.29) is 5.41 Å². The van der Waals surface area contributed by atoms with E-state index in [1.54, 1.807) is 7.11 Å². The molecule has 0 saturated heterocycles. The third-order valence-electron chi connectivity index (χ3n) is 5.81. The van der Waals surface area contributed by atoms with E-state index in [9.17, 15) is 4.79 Å². The molecule has 0 spiro atoms. The van der Waals surface area contributed by atoms with Gasteiger partial charge in [-0.1, -0.05) is 43.3 Å². The van der Waals surface area contributed by atoms with Gasteiger partial charge in [0.2, 0.25) is 0 Å². The number of Topliss-reactive ketones (excluding diaryl/α,β-unsaturated/α-hetero) is 1. The summed E-state index contributed by atoms with van der Waals surface area (Å²) in [6, 6.07) is 16.7. The third-order valence-corrected chi connectivity index (χ3v) is 5.81. The molecule has 0 saturated carbocycles. The Bertz CT molecular complexity index is 756. The first-order chi connectivity index (χ1) is 12.6. The average Bonchev–Trinajstić information content (AvgIpc) is 2.68. The number of carbonyl (C=O) groups excluding carboxylic acids is 1. The Hall–Kier alpha value is -2.13. The van der Waals surface area contributed by atoms with Crippen LogP contribution >= 0.6 is 0 Å². The highest BCUT2D eigenvalue weighted by molar-refractivity contribution is 5.92. The number of carbonyl (C=O) groups is 1. The van der Waals surface area contributed by atoms with Crippen molar-refractivity contribution in [2.45, 2.75) is 44.6 Å². The molecular weight excluding hydrogens is 322 g/mol. The van der Waals surface area contributed by atoms with Gasteiger partial charge in [-0.3, -0.25) is 4.79 Å². The highest BCUT2D eigenvalue weighted by atomic mass is 16.5. The summed E-state index contributed by atoms with van der Waals surface area (Å²) in [7, 11) is 3.82. The van der Waals surface area contributed by atoms with Crippen molar-refractivity contribution in [3.8, 4) is 5.75 Å². The fourth-order valence-corrected chi connectivity index (χ4v) is 4.18. The van der Waals surface area contributed by atoms with Gasteiger partial charge in [0.15, 0.2) is 0 Å². The van der Waals surface area contributed by atoms with Gasteiger partial charge >= 0.3 is 0 Å². The summed E-state index contributed by atoms with van der Waals surface area (Å²) in [6.07, 6.45) is 3.19. The van der Waals surface area contributed by atoms with Crippen molar-refractivity contribution in [2.75, 3.05) is 20.7 Å². The third kappa shape index (κ3) is 3.68. The summed E-state index contributed by atoms with van der Waals surface area (Å²) in [5, 5.41) is 0. The van der Waals surface area contributed by atoms with E-state index in [4.69, 9.17) is 4.74 Å². The van der Waals surface area contributed by atoms with E-state index in [1.807, 2.05) is 12.1 Å². The van der Waals surface area contributed by atoms with Crippen LogP contribution in [0.1, 0.15) is 42.9 Å². The van der Waals surface area contributed by atoms with Crippen molar-refractivity contribution in [3.63, 3.8) is 0 Å². The smallest absolute Gasteiger partial charge is 0.143 e. The summed E-state index contributed by atoms with van der Waals surface area (Å²) in [5.74, 6) is 1.22. The van der Waals surface area contributed by atoms with E-state index in [2.05, 4.69) is 55.3 Å². The van der Waals surface area contributed by atoms with Crippen LogP contribution in [-0.2, 0) is 23.2 Å². The van der Waals surface area contributed by atoms with Crippen LogP contribution in [0.15, 0.2) is 48.5 Å². The maximum atomic E-state index is 13.0. The van der Waals surface area contributed by atoms with Gasteiger partial charge in [-0.25, -0.2) is 0 Å². The van der Waals surface area contributed by atoms with Gasteiger partial charge in [-0.2, -0.15) is 0 Å². The Morgan fingerprint density at radius 3 is 2.58 bits per heavy atom. The first-order valence-electron chi connectivity index (χ1n) is 9.52. The number of methoxy groups -OCH3 is 1. The molecule has 0 fully saturated rings. The Balaban J connectivity index is 1.81. The van der Waals surface area contributed by atoms with E-state index in [0.29, 0.717) is 12.2 Å². The average molecular weight is 351 g/mol. The van der Waals surface area contributed by atoms with E-state index < -0.39 is 0 Å². The Kier molecular flexibility index (Phi) is 5.77. The predicted octanol–water partition coefficient (Wildman–Crippen LogP) is 4.38. The number of hydrogen-bond acceptors (Lipinski definition) is 3. The number of benzene rings is 2. The lowest BCUT2D eigenvalue weighted by Crippen LogP contribution is -2.42. The molecular formula is C23H29NO2. The number of aryl methyl sites for hydroxylation is 1. The van der Waals surface area contributed by atoms with Gasteiger partial charge < -0.3 is 9.64 Å². The Morgan fingerprint density at radius 1 is 1.12 bits per heavy atom.